The Morgan fingerprint density at radius 3 is 2.58 bits per heavy atom. The van der Waals surface area contributed by atoms with Crippen LogP contribution >= 0.6 is 0 Å². The van der Waals surface area contributed by atoms with Gasteiger partial charge in [-0.2, -0.15) is 5.26 Å². The summed E-state index contributed by atoms with van der Waals surface area (Å²) in [5.41, 5.74) is 0.494. The van der Waals surface area contributed by atoms with E-state index in [1.807, 2.05) is 0 Å². The molecule has 0 fully saturated rings. The lowest BCUT2D eigenvalue weighted by Crippen LogP contribution is -1.95. The quantitative estimate of drug-likeness (QED) is 0.919. The van der Waals surface area contributed by atoms with Crippen molar-refractivity contribution in [2.75, 3.05) is 0 Å². The summed E-state index contributed by atoms with van der Waals surface area (Å²) in [6.45, 7) is 1.61. The molecule has 0 unspecified atom stereocenters. The molecule has 0 amide bonds. The molecule has 0 radical (unpaired) electrons. The van der Waals surface area contributed by atoms with Crippen molar-refractivity contribution in [1.82, 2.24) is 4.98 Å². The molecule has 0 saturated carbocycles. The van der Waals surface area contributed by atoms with E-state index in [-0.39, 0.29) is 11.3 Å². The van der Waals surface area contributed by atoms with Crippen LogP contribution in [0.3, 0.4) is 0 Å². The smallest absolute Gasteiger partial charge is 0.145 e. The van der Waals surface area contributed by atoms with Crippen LogP contribution < -0.4 is 4.74 Å². The van der Waals surface area contributed by atoms with Crippen molar-refractivity contribution in [3.63, 3.8) is 0 Å². The van der Waals surface area contributed by atoms with Gasteiger partial charge in [-0.15, -0.1) is 0 Å². The molecule has 4 nitrogen and oxygen atoms in total. The minimum absolute atomic E-state index is 0.0325. The molecule has 0 bridgehead atoms. The molecule has 96 valence electrons. The van der Waals surface area contributed by atoms with Crippen molar-refractivity contribution in [1.29, 1.82) is 5.26 Å². The maximum atomic E-state index is 13.4. The van der Waals surface area contributed by atoms with Crippen LogP contribution in [0.2, 0.25) is 0 Å². The first kappa shape index (κ1) is 13.0. The lowest BCUT2D eigenvalue weighted by atomic mass is 10.2. The maximum Gasteiger partial charge on any atom is 0.145 e. The van der Waals surface area contributed by atoms with Gasteiger partial charge in [-0.3, -0.25) is 4.98 Å². The summed E-state index contributed by atoms with van der Waals surface area (Å²) in [5, 5.41) is 17.9. The van der Waals surface area contributed by atoms with E-state index in [0.29, 0.717) is 11.4 Å². The molecule has 2 aromatic rings. The Balaban J connectivity index is 2.17. The standard InChI is InChI=1S/C14H11FN2O2/c1-9(18)14-5-4-12(8-17-14)19-11-3-2-10(7-16)13(15)6-11/h2-6,8-9,18H,1H3/t9-/m1/s1. The average Bonchev–Trinajstić information content (AvgIpc) is 2.39. The fourth-order valence-corrected chi connectivity index (χ4v) is 1.49. The van der Waals surface area contributed by atoms with Gasteiger partial charge >= 0.3 is 0 Å². The zero-order chi connectivity index (χ0) is 13.8. The molecule has 1 N–H and O–H groups in total. The van der Waals surface area contributed by atoms with Crippen LogP contribution in [0.1, 0.15) is 24.3 Å². The van der Waals surface area contributed by atoms with Crippen molar-refractivity contribution in [3.05, 3.63) is 53.6 Å². The third-order valence-corrected chi connectivity index (χ3v) is 2.48. The molecule has 5 heteroatoms. The molecule has 1 aromatic heterocycles. The highest BCUT2D eigenvalue weighted by Gasteiger charge is 2.06. The van der Waals surface area contributed by atoms with Gasteiger partial charge in [-0.05, 0) is 31.2 Å². The highest BCUT2D eigenvalue weighted by atomic mass is 19.1. The highest BCUT2D eigenvalue weighted by Crippen LogP contribution is 2.23. The maximum absolute atomic E-state index is 13.4. The molecule has 1 heterocycles. The van der Waals surface area contributed by atoms with Gasteiger partial charge in [0.25, 0.3) is 0 Å². The Hall–Kier alpha value is -2.45. The summed E-state index contributed by atoms with van der Waals surface area (Å²) in [4.78, 5) is 4.01. The van der Waals surface area contributed by atoms with Gasteiger partial charge in [0.1, 0.15) is 23.4 Å². The number of benzene rings is 1. The van der Waals surface area contributed by atoms with Crippen molar-refractivity contribution < 1.29 is 14.2 Å². The Kier molecular flexibility index (Phi) is 3.74. The van der Waals surface area contributed by atoms with Gasteiger partial charge in [-0.25, -0.2) is 4.39 Å². The van der Waals surface area contributed by atoms with Gasteiger partial charge in [-0.1, -0.05) is 0 Å². The van der Waals surface area contributed by atoms with Gasteiger partial charge in [0.2, 0.25) is 0 Å². The van der Waals surface area contributed by atoms with E-state index in [2.05, 4.69) is 4.98 Å². The van der Waals surface area contributed by atoms with Crippen LogP contribution in [-0.2, 0) is 0 Å². The largest absolute Gasteiger partial charge is 0.456 e. The molecule has 1 aromatic carbocycles. The lowest BCUT2D eigenvalue weighted by molar-refractivity contribution is 0.194. The minimum Gasteiger partial charge on any atom is -0.456 e. The van der Waals surface area contributed by atoms with E-state index < -0.39 is 11.9 Å². The van der Waals surface area contributed by atoms with E-state index in [1.54, 1.807) is 25.1 Å². The number of pyridine rings is 1. The number of ether oxygens (including phenoxy) is 1. The second kappa shape index (κ2) is 5.46. The van der Waals surface area contributed by atoms with Crippen LogP contribution in [0.15, 0.2) is 36.5 Å². The number of aliphatic hydroxyl groups is 1. The zero-order valence-corrected chi connectivity index (χ0v) is 10.2. The molecule has 0 aliphatic heterocycles. The molecule has 0 spiro atoms. The van der Waals surface area contributed by atoms with Crippen molar-refractivity contribution in [3.8, 4) is 17.6 Å². The van der Waals surface area contributed by atoms with E-state index in [4.69, 9.17) is 10.00 Å². The van der Waals surface area contributed by atoms with Crippen LogP contribution in [0.4, 0.5) is 4.39 Å². The second-order valence-corrected chi connectivity index (χ2v) is 3.95. The van der Waals surface area contributed by atoms with E-state index >= 15 is 0 Å². The number of nitriles is 1. The fraction of sp³-hybridized carbons (Fsp3) is 0.143. The molecular weight excluding hydrogens is 247 g/mol. The predicted octanol–water partition coefficient (Wildman–Crippen LogP) is 2.94. The van der Waals surface area contributed by atoms with Crippen molar-refractivity contribution >= 4 is 0 Å². The number of nitrogens with zero attached hydrogens (tertiary/aromatic N) is 2. The first-order chi connectivity index (χ1) is 9.10. The number of hydrogen-bond donors (Lipinski definition) is 1. The summed E-state index contributed by atoms with van der Waals surface area (Å²) in [6, 6.07) is 8.98. The number of aliphatic hydroxyl groups excluding tert-OH is 1. The Morgan fingerprint density at radius 2 is 2.05 bits per heavy atom. The number of aromatic nitrogens is 1. The molecule has 19 heavy (non-hydrogen) atoms. The van der Waals surface area contributed by atoms with E-state index in [9.17, 15) is 9.50 Å². The van der Waals surface area contributed by atoms with Gasteiger partial charge < -0.3 is 9.84 Å². The third kappa shape index (κ3) is 3.06. The number of halogens is 1. The first-order valence-electron chi connectivity index (χ1n) is 5.61. The predicted molar refractivity (Wildman–Crippen MR) is 66.1 cm³/mol. The lowest BCUT2D eigenvalue weighted by Gasteiger charge is -2.07. The molecule has 0 aliphatic rings. The first-order valence-corrected chi connectivity index (χ1v) is 5.61. The number of rotatable bonds is 3. The molecule has 1 atom stereocenters. The zero-order valence-electron chi connectivity index (χ0n) is 10.2. The number of hydrogen-bond acceptors (Lipinski definition) is 4. The molecule has 0 saturated heterocycles. The second-order valence-electron chi connectivity index (χ2n) is 3.95. The molecular formula is C14H11FN2O2. The van der Waals surface area contributed by atoms with E-state index in [1.165, 1.54) is 18.3 Å². The summed E-state index contributed by atoms with van der Waals surface area (Å²) in [7, 11) is 0. The summed E-state index contributed by atoms with van der Waals surface area (Å²) >= 11 is 0. The molecule has 2 rings (SSSR count). The summed E-state index contributed by atoms with van der Waals surface area (Å²) < 4.78 is 18.8. The van der Waals surface area contributed by atoms with E-state index in [0.717, 1.165) is 6.07 Å². The van der Waals surface area contributed by atoms with Crippen molar-refractivity contribution in [2.24, 2.45) is 0 Å². The normalized spacial score (nSPS) is 11.7. The van der Waals surface area contributed by atoms with Gasteiger partial charge in [0.05, 0.1) is 23.6 Å². The van der Waals surface area contributed by atoms with Gasteiger partial charge in [0, 0.05) is 6.07 Å². The average molecular weight is 258 g/mol. The highest BCUT2D eigenvalue weighted by molar-refractivity contribution is 5.38. The monoisotopic (exact) mass is 258 g/mol. The Bertz CT molecular complexity index is 618. The third-order valence-electron chi connectivity index (χ3n) is 2.48. The van der Waals surface area contributed by atoms with Crippen molar-refractivity contribution in [2.45, 2.75) is 13.0 Å². The van der Waals surface area contributed by atoms with Crippen LogP contribution in [0.25, 0.3) is 0 Å². The van der Waals surface area contributed by atoms with Gasteiger partial charge in [0.15, 0.2) is 0 Å². The Morgan fingerprint density at radius 1 is 1.32 bits per heavy atom. The van der Waals surface area contributed by atoms with Crippen LogP contribution in [0.5, 0.6) is 11.5 Å². The summed E-state index contributed by atoms with van der Waals surface area (Å²) in [5.74, 6) is 0.0742. The van der Waals surface area contributed by atoms with Crippen LogP contribution in [-0.4, -0.2) is 10.1 Å². The minimum atomic E-state index is -0.651. The topological polar surface area (TPSA) is 66.1 Å². The Labute approximate surface area is 109 Å². The SMILES string of the molecule is C[C@@H](O)c1ccc(Oc2ccc(C#N)c(F)c2)cn1. The van der Waals surface area contributed by atoms with Crippen LogP contribution in [0, 0.1) is 17.1 Å². The molecule has 0 aliphatic carbocycles. The summed E-state index contributed by atoms with van der Waals surface area (Å²) in [6.07, 6.45) is 0.791. The fourth-order valence-electron chi connectivity index (χ4n) is 1.49.